The number of nitrogens with one attached hydrogen (secondary N) is 1. The fourth-order valence-electron chi connectivity index (χ4n) is 1.89. The molecule has 1 aliphatic rings. The van der Waals surface area contributed by atoms with E-state index >= 15 is 0 Å². The summed E-state index contributed by atoms with van der Waals surface area (Å²) >= 11 is 3.30. The lowest BCUT2D eigenvalue weighted by molar-refractivity contribution is 0.398. The van der Waals surface area contributed by atoms with Crippen molar-refractivity contribution in [2.24, 2.45) is 0 Å². The molecule has 5 nitrogen and oxygen atoms in total. The Morgan fingerprint density at radius 1 is 1.37 bits per heavy atom. The van der Waals surface area contributed by atoms with Gasteiger partial charge in [0.25, 0.3) is 5.56 Å². The number of pyridine rings is 1. The Hall–Kier alpha value is -1.69. The van der Waals surface area contributed by atoms with Crippen LogP contribution in [0.4, 0.5) is 0 Å². The average Bonchev–Trinajstić information content (AvgIpc) is 3.26. The molecule has 2 aromatic rings. The molecular formula is C13H12BrN3O2. The zero-order valence-corrected chi connectivity index (χ0v) is 11.9. The van der Waals surface area contributed by atoms with Crippen LogP contribution >= 0.6 is 15.9 Å². The second-order valence-corrected chi connectivity index (χ2v) is 5.25. The SMILES string of the molecule is COc1cccc(-c2nc(C3CC3)c(Br)c(=O)[nH]2)n1. The van der Waals surface area contributed by atoms with Crippen LogP contribution < -0.4 is 10.3 Å². The molecule has 0 atom stereocenters. The first kappa shape index (κ1) is 12.3. The number of aromatic amines is 1. The quantitative estimate of drug-likeness (QED) is 0.943. The first-order valence-corrected chi connectivity index (χ1v) is 6.79. The zero-order chi connectivity index (χ0) is 13.4. The Morgan fingerprint density at radius 2 is 2.16 bits per heavy atom. The maximum atomic E-state index is 11.9. The van der Waals surface area contributed by atoms with E-state index in [1.807, 2.05) is 6.07 Å². The first-order chi connectivity index (χ1) is 9.19. The van der Waals surface area contributed by atoms with Crippen molar-refractivity contribution in [2.75, 3.05) is 7.11 Å². The van der Waals surface area contributed by atoms with Crippen LogP contribution in [-0.4, -0.2) is 22.1 Å². The molecular weight excluding hydrogens is 310 g/mol. The van der Waals surface area contributed by atoms with Gasteiger partial charge in [0.2, 0.25) is 5.88 Å². The molecule has 0 aliphatic heterocycles. The van der Waals surface area contributed by atoms with Crippen molar-refractivity contribution in [3.63, 3.8) is 0 Å². The van der Waals surface area contributed by atoms with Crippen LogP contribution in [0.5, 0.6) is 5.88 Å². The number of ether oxygens (including phenoxy) is 1. The highest BCUT2D eigenvalue weighted by Crippen LogP contribution is 2.41. The highest BCUT2D eigenvalue weighted by molar-refractivity contribution is 9.10. The minimum Gasteiger partial charge on any atom is -0.481 e. The third-order valence-corrected chi connectivity index (χ3v) is 3.79. The lowest BCUT2D eigenvalue weighted by atomic mass is 10.2. The molecule has 0 unspecified atom stereocenters. The Kier molecular flexibility index (Phi) is 3.10. The second-order valence-electron chi connectivity index (χ2n) is 4.45. The minimum atomic E-state index is -0.170. The molecule has 1 N–H and O–H groups in total. The van der Waals surface area contributed by atoms with Gasteiger partial charge in [-0.1, -0.05) is 6.07 Å². The maximum Gasteiger partial charge on any atom is 0.265 e. The number of methoxy groups -OCH3 is 1. The summed E-state index contributed by atoms with van der Waals surface area (Å²) in [6.45, 7) is 0. The van der Waals surface area contributed by atoms with Crippen LogP contribution in [0.15, 0.2) is 27.5 Å². The van der Waals surface area contributed by atoms with Gasteiger partial charge in [0.1, 0.15) is 10.2 Å². The van der Waals surface area contributed by atoms with E-state index in [1.54, 1.807) is 19.2 Å². The third kappa shape index (κ3) is 2.40. The summed E-state index contributed by atoms with van der Waals surface area (Å²) in [5.41, 5.74) is 1.26. The van der Waals surface area contributed by atoms with Gasteiger partial charge in [-0.05, 0) is 34.8 Å². The monoisotopic (exact) mass is 321 g/mol. The molecule has 1 aliphatic carbocycles. The van der Waals surface area contributed by atoms with Gasteiger partial charge < -0.3 is 9.72 Å². The summed E-state index contributed by atoms with van der Waals surface area (Å²) in [7, 11) is 1.56. The number of nitrogens with zero attached hydrogens (tertiary/aromatic N) is 2. The Balaban J connectivity index is 2.11. The summed E-state index contributed by atoms with van der Waals surface area (Å²) in [5.74, 6) is 1.37. The van der Waals surface area contributed by atoms with Crippen LogP contribution in [0, 0.1) is 0 Å². The highest BCUT2D eigenvalue weighted by atomic mass is 79.9. The molecule has 19 heavy (non-hydrogen) atoms. The van der Waals surface area contributed by atoms with Crippen molar-refractivity contribution in [1.82, 2.24) is 15.0 Å². The van der Waals surface area contributed by atoms with E-state index in [2.05, 4.69) is 30.9 Å². The van der Waals surface area contributed by atoms with E-state index in [4.69, 9.17) is 4.74 Å². The summed E-state index contributed by atoms with van der Waals surface area (Å²) in [6.07, 6.45) is 2.17. The summed E-state index contributed by atoms with van der Waals surface area (Å²) < 4.78 is 5.61. The first-order valence-electron chi connectivity index (χ1n) is 6.00. The molecule has 6 heteroatoms. The number of H-pyrrole nitrogens is 1. The van der Waals surface area contributed by atoms with Crippen molar-refractivity contribution in [3.05, 3.63) is 38.7 Å². The molecule has 0 saturated heterocycles. The van der Waals surface area contributed by atoms with Crippen molar-refractivity contribution in [1.29, 1.82) is 0 Å². The summed E-state index contributed by atoms with van der Waals surface area (Å²) in [5, 5.41) is 0. The number of halogens is 1. The van der Waals surface area contributed by atoms with E-state index in [1.165, 1.54) is 0 Å². The van der Waals surface area contributed by atoms with Crippen molar-refractivity contribution < 1.29 is 4.74 Å². The molecule has 1 fully saturated rings. The van der Waals surface area contributed by atoms with Gasteiger partial charge in [-0.3, -0.25) is 4.79 Å². The van der Waals surface area contributed by atoms with Crippen LogP contribution in [-0.2, 0) is 0 Å². The third-order valence-electron chi connectivity index (χ3n) is 3.03. The Labute approximate surface area is 118 Å². The largest absolute Gasteiger partial charge is 0.481 e. The number of hydrogen-bond donors (Lipinski definition) is 1. The zero-order valence-electron chi connectivity index (χ0n) is 10.3. The maximum absolute atomic E-state index is 11.9. The van der Waals surface area contributed by atoms with Gasteiger partial charge in [0.15, 0.2) is 5.82 Å². The Bertz CT molecular complexity index is 680. The highest BCUT2D eigenvalue weighted by Gasteiger charge is 2.29. The van der Waals surface area contributed by atoms with Gasteiger partial charge in [0.05, 0.1) is 12.8 Å². The molecule has 0 aromatic carbocycles. The minimum absolute atomic E-state index is 0.170. The molecule has 3 rings (SSSR count). The number of aromatic nitrogens is 3. The molecule has 2 aromatic heterocycles. The smallest absolute Gasteiger partial charge is 0.265 e. The summed E-state index contributed by atoms with van der Waals surface area (Å²) in [6, 6.07) is 5.37. The topological polar surface area (TPSA) is 67.9 Å². The van der Waals surface area contributed by atoms with Gasteiger partial charge in [0, 0.05) is 12.0 Å². The number of hydrogen-bond acceptors (Lipinski definition) is 4. The average molecular weight is 322 g/mol. The van der Waals surface area contributed by atoms with Gasteiger partial charge in [-0.15, -0.1) is 0 Å². The molecule has 0 bridgehead atoms. The molecule has 0 spiro atoms. The summed E-state index contributed by atoms with van der Waals surface area (Å²) in [4.78, 5) is 23.5. The number of rotatable bonds is 3. The van der Waals surface area contributed by atoms with Crippen LogP contribution in [0.1, 0.15) is 24.5 Å². The van der Waals surface area contributed by atoms with E-state index in [9.17, 15) is 4.79 Å². The van der Waals surface area contributed by atoms with E-state index < -0.39 is 0 Å². The predicted molar refractivity (Wildman–Crippen MR) is 74.3 cm³/mol. The predicted octanol–water partition coefficient (Wildman–Crippen LogP) is 2.48. The lowest BCUT2D eigenvalue weighted by Crippen LogP contribution is -2.13. The molecule has 0 radical (unpaired) electrons. The van der Waals surface area contributed by atoms with E-state index in [0.717, 1.165) is 18.5 Å². The van der Waals surface area contributed by atoms with Crippen molar-refractivity contribution in [2.45, 2.75) is 18.8 Å². The van der Waals surface area contributed by atoms with Crippen molar-refractivity contribution in [3.8, 4) is 17.4 Å². The molecule has 2 heterocycles. The molecule has 1 saturated carbocycles. The molecule has 0 amide bonds. The van der Waals surface area contributed by atoms with Crippen LogP contribution in [0.25, 0.3) is 11.5 Å². The lowest BCUT2D eigenvalue weighted by Gasteiger charge is -2.06. The Morgan fingerprint density at radius 3 is 2.84 bits per heavy atom. The second kappa shape index (κ2) is 4.77. The van der Waals surface area contributed by atoms with Gasteiger partial charge in [-0.2, -0.15) is 0 Å². The van der Waals surface area contributed by atoms with E-state index in [0.29, 0.717) is 27.8 Å². The van der Waals surface area contributed by atoms with Crippen LogP contribution in [0.2, 0.25) is 0 Å². The fraction of sp³-hybridized carbons (Fsp3) is 0.308. The van der Waals surface area contributed by atoms with E-state index in [-0.39, 0.29) is 5.56 Å². The van der Waals surface area contributed by atoms with Crippen molar-refractivity contribution >= 4 is 15.9 Å². The molecule has 98 valence electrons. The normalized spacial score (nSPS) is 14.4. The van der Waals surface area contributed by atoms with Gasteiger partial charge in [-0.25, -0.2) is 9.97 Å². The van der Waals surface area contributed by atoms with Crippen LogP contribution in [0.3, 0.4) is 0 Å². The fourth-order valence-corrected chi connectivity index (χ4v) is 2.40. The van der Waals surface area contributed by atoms with Gasteiger partial charge >= 0.3 is 0 Å². The standard InChI is InChI=1S/C13H12BrN3O2/c1-19-9-4-2-3-8(15-9)12-16-11(7-5-6-7)10(14)13(18)17-12/h2-4,7H,5-6H2,1H3,(H,16,17,18).